The summed E-state index contributed by atoms with van der Waals surface area (Å²) in [6.07, 6.45) is 8.11. The number of anilines is 2. The van der Waals surface area contributed by atoms with Crippen molar-refractivity contribution in [2.45, 2.75) is 50.1 Å². The second-order valence-corrected chi connectivity index (χ2v) is 8.06. The van der Waals surface area contributed by atoms with Gasteiger partial charge in [0.05, 0.1) is 17.5 Å². The summed E-state index contributed by atoms with van der Waals surface area (Å²) < 4.78 is 28.3. The largest absolute Gasteiger partial charge is 0.328 e. The fraction of sp³-hybridized carbons (Fsp3) is 0.364. The van der Waals surface area contributed by atoms with E-state index in [2.05, 4.69) is 20.2 Å². The number of pyridine rings is 1. The predicted molar refractivity (Wildman–Crippen MR) is 109 cm³/mol. The van der Waals surface area contributed by atoms with Crippen molar-refractivity contribution in [2.75, 3.05) is 4.90 Å². The van der Waals surface area contributed by atoms with E-state index in [1.54, 1.807) is 18.3 Å². The molecular formula is C22H22F2N6. The first kappa shape index (κ1) is 19.0. The van der Waals surface area contributed by atoms with Crippen LogP contribution in [0.15, 0.2) is 42.7 Å². The number of benzene rings is 1. The molecule has 5 rings (SSSR count). The number of nitrogens with zero attached hydrogens (tertiary/aromatic N) is 5. The van der Waals surface area contributed by atoms with E-state index in [1.807, 2.05) is 4.90 Å². The van der Waals surface area contributed by atoms with Gasteiger partial charge in [-0.3, -0.25) is 4.90 Å². The Hall–Kier alpha value is -3.00. The van der Waals surface area contributed by atoms with Crippen LogP contribution in [-0.2, 0) is 0 Å². The highest BCUT2D eigenvalue weighted by molar-refractivity contribution is 5.66. The minimum Gasteiger partial charge on any atom is -0.328 e. The van der Waals surface area contributed by atoms with E-state index in [9.17, 15) is 8.78 Å². The van der Waals surface area contributed by atoms with Gasteiger partial charge in [0.25, 0.3) is 5.95 Å². The maximum Gasteiger partial charge on any atom is 0.251 e. The van der Waals surface area contributed by atoms with Crippen LogP contribution in [0.3, 0.4) is 0 Å². The van der Waals surface area contributed by atoms with Crippen LogP contribution >= 0.6 is 0 Å². The van der Waals surface area contributed by atoms with E-state index in [-0.39, 0.29) is 17.6 Å². The molecule has 2 heterocycles. The summed E-state index contributed by atoms with van der Waals surface area (Å²) in [5, 5.41) is 8.71. The number of rotatable bonds is 5. The van der Waals surface area contributed by atoms with Crippen molar-refractivity contribution in [3.05, 3.63) is 60.1 Å². The summed E-state index contributed by atoms with van der Waals surface area (Å²) in [4.78, 5) is 11.0. The summed E-state index contributed by atoms with van der Waals surface area (Å²) >= 11 is 0. The highest BCUT2D eigenvalue weighted by atomic mass is 19.1. The van der Waals surface area contributed by atoms with E-state index >= 15 is 0 Å². The Balaban J connectivity index is 1.49. The first-order chi connectivity index (χ1) is 14.6. The molecule has 2 unspecified atom stereocenters. The van der Waals surface area contributed by atoms with Gasteiger partial charge in [0.2, 0.25) is 0 Å². The van der Waals surface area contributed by atoms with Gasteiger partial charge in [-0.1, -0.05) is 6.07 Å². The van der Waals surface area contributed by atoms with Crippen molar-refractivity contribution in [1.29, 1.82) is 0 Å². The number of hydrogen-bond donors (Lipinski definition) is 1. The molecule has 2 aliphatic rings. The van der Waals surface area contributed by atoms with Crippen LogP contribution in [0.5, 0.6) is 0 Å². The second kappa shape index (κ2) is 7.68. The molecule has 2 fully saturated rings. The third kappa shape index (κ3) is 3.63. The van der Waals surface area contributed by atoms with Crippen molar-refractivity contribution in [1.82, 2.24) is 20.2 Å². The summed E-state index contributed by atoms with van der Waals surface area (Å²) in [7, 11) is 0. The van der Waals surface area contributed by atoms with Gasteiger partial charge in [-0.25, -0.2) is 18.7 Å². The quantitative estimate of drug-likeness (QED) is 0.684. The first-order valence-corrected chi connectivity index (χ1v) is 10.2. The zero-order valence-corrected chi connectivity index (χ0v) is 16.4. The third-order valence-corrected chi connectivity index (χ3v) is 5.84. The lowest BCUT2D eigenvalue weighted by Crippen LogP contribution is -2.32. The lowest BCUT2D eigenvalue weighted by molar-refractivity contribution is 0.589. The van der Waals surface area contributed by atoms with Crippen molar-refractivity contribution in [3.8, 4) is 11.1 Å². The number of halogens is 2. The number of hydrogen-bond acceptors (Lipinski definition) is 6. The molecule has 0 saturated heterocycles. The topological polar surface area (TPSA) is 80.8 Å². The molecule has 2 atom stereocenters. The highest BCUT2D eigenvalue weighted by Crippen LogP contribution is 2.39. The molecule has 0 radical (unpaired) electrons. The van der Waals surface area contributed by atoms with Crippen LogP contribution in [0.1, 0.15) is 43.7 Å². The fourth-order valence-corrected chi connectivity index (χ4v) is 4.08. The fourth-order valence-electron chi connectivity index (χ4n) is 4.08. The lowest BCUT2D eigenvalue weighted by Gasteiger charge is -2.28. The number of aromatic nitrogens is 4. The SMILES string of the molecule is NC1CCC(N(c2ccc(-c3c(F)cccc3F)cn2)c2ncc(C3CC3)nn2)C1. The van der Waals surface area contributed by atoms with Crippen LogP contribution < -0.4 is 10.6 Å². The Morgan fingerprint density at radius 2 is 1.70 bits per heavy atom. The molecule has 6 nitrogen and oxygen atoms in total. The lowest BCUT2D eigenvalue weighted by atomic mass is 10.1. The van der Waals surface area contributed by atoms with Crippen LogP contribution in [0.4, 0.5) is 20.5 Å². The molecular weight excluding hydrogens is 386 g/mol. The highest BCUT2D eigenvalue weighted by Gasteiger charge is 2.32. The van der Waals surface area contributed by atoms with Gasteiger partial charge >= 0.3 is 0 Å². The molecule has 0 bridgehead atoms. The summed E-state index contributed by atoms with van der Waals surface area (Å²) in [6, 6.07) is 7.43. The smallest absolute Gasteiger partial charge is 0.251 e. The van der Waals surface area contributed by atoms with Gasteiger partial charge in [0, 0.05) is 29.8 Å². The maximum atomic E-state index is 14.1. The van der Waals surface area contributed by atoms with E-state index < -0.39 is 11.6 Å². The van der Waals surface area contributed by atoms with Crippen molar-refractivity contribution >= 4 is 11.8 Å². The molecule has 2 aromatic heterocycles. The Labute approximate surface area is 173 Å². The number of nitrogens with two attached hydrogens (primary N) is 1. The van der Waals surface area contributed by atoms with Gasteiger partial charge in [0.1, 0.15) is 17.5 Å². The minimum absolute atomic E-state index is 0.0855. The van der Waals surface area contributed by atoms with Gasteiger partial charge in [0.15, 0.2) is 0 Å². The van der Waals surface area contributed by atoms with Crippen LogP contribution in [0.2, 0.25) is 0 Å². The molecule has 0 amide bonds. The van der Waals surface area contributed by atoms with E-state index in [0.29, 0.717) is 23.2 Å². The molecule has 2 aliphatic carbocycles. The summed E-state index contributed by atoms with van der Waals surface area (Å²) in [5.41, 5.74) is 7.34. The molecule has 0 aliphatic heterocycles. The molecule has 154 valence electrons. The zero-order valence-electron chi connectivity index (χ0n) is 16.4. The molecule has 0 spiro atoms. The second-order valence-electron chi connectivity index (χ2n) is 8.06. The van der Waals surface area contributed by atoms with Gasteiger partial charge in [-0.05, 0) is 56.4 Å². The monoisotopic (exact) mass is 408 g/mol. The Kier molecular flexibility index (Phi) is 4.86. The van der Waals surface area contributed by atoms with E-state index in [1.165, 1.54) is 24.4 Å². The molecule has 30 heavy (non-hydrogen) atoms. The Bertz CT molecular complexity index is 1020. The molecule has 2 N–H and O–H groups in total. The van der Waals surface area contributed by atoms with Gasteiger partial charge in [-0.15, -0.1) is 10.2 Å². The summed E-state index contributed by atoms with van der Waals surface area (Å²) in [5.74, 6) is 0.310. The maximum absolute atomic E-state index is 14.1. The molecule has 8 heteroatoms. The van der Waals surface area contributed by atoms with Crippen LogP contribution in [-0.4, -0.2) is 32.2 Å². The van der Waals surface area contributed by atoms with E-state index in [0.717, 1.165) is 37.8 Å². The Morgan fingerprint density at radius 3 is 2.27 bits per heavy atom. The van der Waals surface area contributed by atoms with E-state index in [4.69, 9.17) is 5.73 Å². The van der Waals surface area contributed by atoms with Gasteiger partial charge < -0.3 is 5.73 Å². The van der Waals surface area contributed by atoms with Crippen molar-refractivity contribution in [3.63, 3.8) is 0 Å². The standard InChI is InChI=1S/C22H22F2N6/c23-17-2-1-3-18(24)21(17)14-6-9-20(26-11-14)30(16-8-7-15(25)10-16)22-27-12-19(28-29-22)13-4-5-13/h1-3,6,9,11-13,15-16H,4-5,7-8,10,25H2. The molecule has 2 saturated carbocycles. The van der Waals surface area contributed by atoms with Crippen molar-refractivity contribution < 1.29 is 8.78 Å². The normalized spacial score (nSPS) is 21.0. The van der Waals surface area contributed by atoms with Gasteiger partial charge in [-0.2, -0.15) is 0 Å². The Morgan fingerprint density at radius 1 is 0.900 bits per heavy atom. The zero-order chi connectivity index (χ0) is 20.7. The van der Waals surface area contributed by atoms with Crippen molar-refractivity contribution in [2.24, 2.45) is 5.73 Å². The molecule has 1 aromatic carbocycles. The van der Waals surface area contributed by atoms with Crippen LogP contribution in [0, 0.1) is 11.6 Å². The average molecular weight is 408 g/mol. The molecule has 3 aromatic rings. The minimum atomic E-state index is -0.619. The van der Waals surface area contributed by atoms with Crippen LogP contribution in [0.25, 0.3) is 11.1 Å². The average Bonchev–Trinajstić information content (AvgIpc) is 3.51. The first-order valence-electron chi connectivity index (χ1n) is 10.2. The predicted octanol–water partition coefficient (Wildman–Crippen LogP) is 4.11. The summed E-state index contributed by atoms with van der Waals surface area (Å²) in [6.45, 7) is 0. The third-order valence-electron chi connectivity index (χ3n) is 5.84.